The molecule has 20 heavy (non-hydrogen) atoms. The highest BCUT2D eigenvalue weighted by Crippen LogP contribution is 2.22. The molecule has 3 nitrogen and oxygen atoms in total. The van der Waals surface area contributed by atoms with Crippen LogP contribution in [0.1, 0.15) is 31.2 Å². The van der Waals surface area contributed by atoms with Gasteiger partial charge < -0.3 is 10.6 Å². The molecule has 1 aromatic rings. The number of hydrogen-bond acceptors (Lipinski definition) is 2. The molecule has 0 bridgehead atoms. The zero-order valence-corrected chi connectivity index (χ0v) is 11.9. The molecule has 1 fully saturated rings. The third kappa shape index (κ3) is 4.30. The van der Waals surface area contributed by atoms with Crippen molar-refractivity contribution in [1.29, 1.82) is 0 Å². The van der Waals surface area contributed by atoms with Crippen molar-refractivity contribution in [2.75, 3.05) is 19.6 Å². The van der Waals surface area contributed by atoms with Gasteiger partial charge in [-0.25, -0.2) is 4.39 Å². The molecular formula is C16H23FN2O. The van der Waals surface area contributed by atoms with Crippen molar-refractivity contribution in [3.05, 3.63) is 35.6 Å². The smallest absolute Gasteiger partial charge is 0.223 e. The van der Waals surface area contributed by atoms with Crippen LogP contribution in [0.5, 0.6) is 0 Å². The van der Waals surface area contributed by atoms with Gasteiger partial charge in [0.1, 0.15) is 5.82 Å². The monoisotopic (exact) mass is 278 g/mol. The molecule has 1 heterocycles. The molecular weight excluding hydrogens is 255 g/mol. The molecule has 2 N–H and O–H groups in total. The second kappa shape index (κ2) is 7.39. The van der Waals surface area contributed by atoms with Crippen LogP contribution in [0, 0.1) is 11.7 Å². The predicted molar refractivity (Wildman–Crippen MR) is 77.7 cm³/mol. The summed E-state index contributed by atoms with van der Waals surface area (Å²) >= 11 is 0. The normalized spacial score (nSPS) is 19.1. The number of halogens is 1. The van der Waals surface area contributed by atoms with E-state index in [0.29, 0.717) is 18.9 Å². The average molecular weight is 278 g/mol. The first-order chi connectivity index (χ1) is 9.69. The van der Waals surface area contributed by atoms with Gasteiger partial charge in [0.05, 0.1) is 0 Å². The molecule has 1 saturated heterocycles. The first kappa shape index (κ1) is 15.0. The zero-order chi connectivity index (χ0) is 14.4. The third-order valence-corrected chi connectivity index (χ3v) is 3.98. The van der Waals surface area contributed by atoms with E-state index < -0.39 is 0 Å². The van der Waals surface area contributed by atoms with Gasteiger partial charge in [0.2, 0.25) is 5.91 Å². The Morgan fingerprint density at radius 2 is 2.10 bits per heavy atom. The van der Waals surface area contributed by atoms with Gasteiger partial charge in [-0.1, -0.05) is 12.1 Å². The van der Waals surface area contributed by atoms with Gasteiger partial charge in [0.15, 0.2) is 0 Å². The zero-order valence-electron chi connectivity index (χ0n) is 11.9. The Labute approximate surface area is 120 Å². The van der Waals surface area contributed by atoms with Gasteiger partial charge in [0, 0.05) is 26.1 Å². The van der Waals surface area contributed by atoms with Gasteiger partial charge >= 0.3 is 0 Å². The minimum Gasteiger partial charge on any atom is -0.342 e. The number of nitrogens with zero attached hydrogens (tertiary/aromatic N) is 1. The van der Waals surface area contributed by atoms with Crippen molar-refractivity contribution in [3.63, 3.8) is 0 Å². The quantitative estimate of drug-likeness (QED) is 0.898. The van der Waals surface area contributed by atoms with Crippen molar-refractivity contribution < 1.29 is 9.18 Å². The Morgan fingerprint density at radius 1 is 1.35 bits per heavy atom. The lowest BCUT2D eigenvalue weighted by Gasteiger charge is -2.33. The van der Waals surface area contributed by atoms with Gasteiger partial charge in [-0.3, -0.25) is 4.79 Å². The Balaban J connectivity index is 1.80. The maximum atomic E-state index is 12.8. The molecule has 4 heteroatoms. The summed E-state index contributed by atoms with van der Waals surface area (Å²) in [5, 5.41) is 0. The van der Waals surface area contributed by atoms with Crippen molar-refractivity contribution in [2.24, 2.45) is 11.7 Å². The molecule has 1 aromatic carbocycles. The van der Waals surface area contributed by atoms with Gasteiger partial charge in [-0.05, 0) is 49.3 Å². The number of rotatable bonds is 5. The Kier molecular flexibility index (Phi) is 5.53. The van der Waals surface area contributed by atoms with Crippen molar-refractivity contribution >= 4 is 5.91 Å². The number of benzene rings is 1. The number of piperidine rings is 1. The van der Waals surface area contributed by atoms with E-state index in [0.717, 1.165) is 37.9 Å². The van der Waals surface area contributed by atoms with Crippen LogP contribution in [0.15, 0.2) is 24.3 Å². The first-order valence-electron chi connectivity index (χ1n) is 7.41. The van der Waals surface area contributed by atoms with Crippen LogP contribution < -0.4 is 5.73 Å². The summed E-state index contributed by atoms with van der Waals surface area (Å²) in [6, 6.07) is 6.70. The molecule has 2 rings (SSSR count). The minimum atomic E-state index is -0.190. The topological polar surface area (TPSA) is 46.3 Å². The highest BCUT2D eigenvalue weighted by molar-refractivity contribution is 5.76. The molecule has 0 radical (unpaired) electrons. The molecule has 0 saturated carbocycles. The fraction of sp³-hybridized carbons (Fsp3) is 0.562. The number of amides is 1. The molecule has 0 spiro atoms. The average Bonchev–Trinajstić information content (AvgIpc) is 2.47. The summed E-state index contributed by atoms with van der Waals surface area (Å²) in [4.78, 5) is 13.8. The maximum Gasteiger partial charge on any atom is 0.223 e. The summed E-state index contributed by atoms with van der Waals surface area (Å²) < 4.78 is 12.8. The van der Waals surface area contributed by atoms with Crippen LogP contribution in [-0.2, 0) is 11.2 Å². The fourth-order valence-corrected chi connectivity index (χ4v) is 2.83. The lowest BCUT2D eigenvalue weighted by molar-refractivity contribution is -0.132. The second-order valence-electron chi connectivity index (χ2n) is 5.55. The largest absolute Gasteiger partial charge is 0.342 e. The number of nitrogens with two attached hydrogens (primary N) is 1. The number of hydrogen-bond donors (Lipinski definition) is 1. The standard InChI is InChI=1S/C16H23FN2O/c17-15-7-5-13(6-8-15)3-4-14-2-1-11-19(12-14)16(20)9-10-18/h5-8,14H,1-4,9-12,18H2/t14-/m1/s1. The predicted octanol–water partition coefficient (Wildman–Crippen LogP) is 2.35. The summed E-state index contributed by atoms with van der Waals surface area (Å²) in [6.07, 6.45) is 4.70. The fourth-order valence-electron chi connectivity index (χ4n) is 2.83. The Morgan fingerprint density at radius 3 is 2.80 bits per heavy atom. The van der Waals surface area contributed by atoms with Crippen molar-refractivity contribution in [2.45, 2.75) is 32.1 Å². The summed E-state index contributed by atoms with van der Waals surface area (Å²) in [7, 11) is 0. The Hall–Kier alpha value is -1.42. The number of carbonyl (C=O) groups is 1. The molecule has 0 aliphatic carbocycles. The highest BCUT2D eigenvalue weighted by Gasteiger charge is 2.22. The van der Waals surface area contributed by atoms with Crippen LogP contribution in [0.25, 0.3) is 0 Å². The van der Waals surface area contributed by atoms with E-state index in [2.05, 4.69) is 0 Å². The number of likely N-dealkylation sites (tertiary alicyclic amines) is 1. The molecule has 110 valence electrons. The highest BCUT2D eigenvalue weighted by atomic mass is 19.1. The lowest BCUT2D eigenvalue weighted by Crippen LogP contribution is -2.40. The van der Waals surface area contributed by atoms with Crippen LogP contribution in [0.3, 0.4) is 0 Å². The van der Waals surface area contributed by atoms with Gasteiger partial charge in [0.25, 0.3) is 0 Å². The van der Waals surface area contributed by atoms with E-state index in [1.165, 1.54) is 18.6 Å². The summed E-state index contributed by atoms with van der Waals surface area (Å²) in [5.41, 5.74) is 6.60. The van der Waals surface area contributed by atoms with E-state index in [1.54, 1.807) is 0 Å². The molecule has 1 aliphatic rings. The van der Waals surface area contributed by atoms with E-state index in [9.17, 15) is 9.18 Å². The van der Waals surface area contributed by atoms with Crippen LogP contribution in [-0.4, -0.2) is 30.4 Å². The third-order valence-electron chi connectivity index (χ3n) is 3.98. The summed E-state index contributed by atoms with van der Waals surface area (Å²) in [5.74, 6) is 0.541. The maximum absolute atomic E-state index is 12.8. The first-order valence-corrected chi connectivity index (χ1v) is 7.41. The number of carbonyl (C=O) groups excluding carboxylic acids is 1. The molecule has 0 unspecified atom stereocenters. The SMILES string of the molecule is NCCC(=O)N1CCC[C@H](CCc2ccc(F)cc2)C1. The lowest BCUT2D eigenvalue weighted by atomic mass is 9.91. The van der Waals surface area contributed by atoms with Gasteiger partial charge in [-0.2, -0.15) is 0 Å². The van der Waals surface area contributed by atoms with Crippen molar-refractivity contribution in [1.82, 2.24) is 4.90 Å². The summed E-state index contributed by atoms with van der Waals surface area (Å²) in [6.45, 7) is 2.14. The molecule has 1 amide bonds. The molecule has 1 aliphatic heterocycles. The van der Waals surface area contributed by atoms with Gasteiger partial charge in [-0.15, -0.1) is 0 Å². The van der Waals surface area contributed by atoms with E-state index in [-0.39, 0.29) is 11.7 Å². The Bertz CT molecular complexity index is 433. The van der Waals surface area contributed by atoms with E-state index >= 15 is 0 Å². The van der Waals surface area contributed by atoms with Crippen LogP contribution in [0.2, 0.25) is 0 Å². The second-order valence-corrected chi connectivity index (χ2v) is 5.55. The molecule has 0 aromatic heterocycles. The van der Waals surface area contributed by atoms with Crippen LogP contribution in [0.4, 0.5) is 4.39 Å². The number of aryl methyl sites for hydroxylation is 1. The van der Waals surface area contributed by atoms with Crippen molar-refractivity contribution in [3.8, 4) is 0 Å². The van der Waals surface area contributed by atoms with E-state index in [1.807, 2.05) is 17.0 Å². The van der Waals surface area contributed by atoms with E-state index in [4.69, 9.17) is 5.73 Å². The minimum absolute atomic E-state index is 0.180. The molecule has 1 atom stereocenters. The van der Waals surface area contributed by atoms with Crippen LogP contribution >= 0.6 is 0 Å².